The van der Waals surface area contributed by atoms with E-state index in [2.05, 4.69) is 29.0 Å². The number of hydrogen-bond donors (Lipinski definition) is 2. The van der Waals surface area contributed by atoms with Gasteiger partial charge in [-0.3, -0.25) is 14.5 Å². The first kappa shape index (κ1) is 30.2. The van der Waals surface area contributed by atoms with Crippen molar-refractivity contribution in [1.82, 2.24) is 15.2 Å². The Bertz CT molecular complexity index is 1300. The third kappa shape index (κ3) is 7.18. The molecule has 210 valence electrons. The molecule has 2 aromatic carbocycles. The van der Waals surface area contributed by atoms with Gasteiger partial charge < -0.3 is 11.1 Å². The Morgan fingerprint density at radius 2 is 1.74 bits per heavy atom. The van der Waals surface area contributed by atoms with Gasteiger partial charge in [0.2, 0.25) is 5.91 Å². The van der Waals surface area contributed by atoms with Crippen molar-refractivity contribution in [2.45, 2.75) is 90.9 Å². The number of amides is 1. The lowest BCUT2D eigenvalue weighted by atomic mass is 9.94. The van der Waals surface area contributed by atoms with Crippen LogP contribution in [0.15, 0.2) is 48.7 Å². The van der Waals surface area contributed by atoms with Crippen LogP contribution in [0.3, 0.4) is 0 Å². The van der Waals surface area contributed by atoms with Crippen molar-refractivity contribution >= 4 is 28.3 Å². The van der Waals surface area contributed by atoms with Crippen LogP contribution in [-0.2, 0) is 22.4 Å². The minimum absolute atomic E-state index is 0. The number of halogens is 2. The standard InChI is InChI=1S/C30H36F2N4O2.CH4/c1-18-5-4-6-19(2)36(18)20(3)30(38)35-27(17-22-8-11-25(31)26(32)16-22)28(37)12-9-21-7-10-24-23(15-21)13-14-34-29(24)33;/h7-8,10-11,13-16,18-20,27H,4-6,9,12,17H2,1-3H3,(H2,33,34)(H,35,38);1H4/t18-,19+,20-,27+;/m1./s1. The zero-order valence-electron chi connectivity index (χ0n) is 22.2. The number of nitrogens with one attached hydrogen (secondary N) is 1. The summed E-state index contributed by atoms with van der Waals surface area (Å²) in [6.45, 7) is 6.11. The van der Waals surface area contributed by atoms with E-state index in [0.29, 0.717) is 17.8 Å². The van der Waals surface area contributed by atoms with E-state index in [-0.39, 0.29) is 44.0 Å². The molecule has 1 fully saturated rings. The molecule has 8 heteroatoms. The van der Waals surface area contributed by atoms with Gasteiger partial charge in [0, 0.05) is 30.1 Å². The number of pyridine rings is 1. The molecule has 4 atom stereocenters. The second-order valence-electron chi connectivity index (χ2n) is 10.5. The fourth-order valence-electron chi connectivity index (χ4n) is 5.63. The van der Waals surface area contributed by atoms with Crippen LogP contribution in [-0.4, -0.2) is 45.7 Å². The number of rotatable bonds is 9. The number of hydrogen-bond acceptors (Lipinski definition) is 5. The van der Waals surface area contributed by atoms with E-state index in [1.807, 2.05) is 31.2 Å². The number of nitrogens with zero attached hydrogens (tertiary/aromatic N) is 2. The number of piperidine rings is 1. The van der Waals surface area contributed by atoms with Crippen molar-refractivity contribution < 1.29 is 18.4 Å². The minimum atomic E-state index is -0.978. The average molecular weight is 539 g/mol. The lowest BCUT2D eigenvalue weighted by Gasteiger charge is -2.42. The zero-order valence-corrected chi connectivity index (χ0v) is 22.2. The summed E-state index contributed by atoms with van der Waals surface area (Å²) in [4.78, 5) is 33.1. The zero-order chi connectivity index (χ0) is 27.4. The van der Waals surface area contributed by atoms with Gasteiger partial charge in [0.15, 0.2) is 17.4 Å². The van der Waals surface area contributed by atoms with Crippen LogP contribution in [0.5, 0.6) is 0 Å². The van der Waals surface area contributed by atoms with Gasteiger partial charge in [-0.2, -0.15) is 0 Å². The maximum Gasteiger partial charge on any atom is 0.237 e. The molecule has 1 saturated heterocycles. The Kier molecular flexibility index (Phi) is 10.1. The molecule has 0 spiro atoms. The van der Waals surface area contributed by atoms with Crippen LogP contribution < -0.4 is 11.1 Å². The molecule has 3 aromatic rings. The first-order valence-corrected chi connectivity index (χ1v) is 13.3. The number of Topliss-reactive ketones (excluding diaryl/α,β-unsaturated/α-hetero) is 1. The van der Waals surface area contributed by atoms with E-state index in [1.165, 1.54) is 6.07 Å². The fraction of sp³-hybridized carbons (Fsp3) is 0.452. The highest BCUT2D eigenvalue weighted by Crippen LogP contribution is 2.25. The molecule has 1 aromatic heterocycles. The van der Waals surface area contributed by atoms with Crippen molar-refractivity contribution in [3.63, 3.8) is 0 Å². The first-order valence-electron chi connectivity index (χ1n) is 13.3. The molecule has 0 bridgehead atoms. The van der Waals surface area contributed by atoms with Crippen LogP contribution in [0, 0.1) is 11.6 Å². The van der Waals surface area contributed by atoms with Gasteiger partial charge >= 0.3 is 0 Å². The van der Waals surface area contributed by atoms with Crippen LogP contribution in [0.4, 0.5) is 14.6 Å². The Morgan fingerprint density at radius 3 is 2.44 bits per heavy atom. The topological polar surface area (TPSA) is 88.3 Å². The fourth-order valence-corrected chi connectivity index (χ4v) is 5.63. The van der Waals surface area contributed by atoms with Gasteiger partial charge in [-0.05, 0) is 81.2 Å². The third-order valence-corrected chi connectivity index (χ3v) is 7.74. The molecule has 3 N–H and O–H groups in total. The smallest absolute Gasteiger partial charge is 0.237 e. The van der Waals surface area contributed by atoms with Gasteiger partial charge in [0.1, 0.15) is 5.82 Å². The maximum absolute atomic E-state index is 13.9. The molecule has 2 heterocycles. The van der Waals surface area contributed by atoms with E-state index in [0.717, 1.165) is 47.7 Å². The molecule has 1 aliphatic rings. The maximum atomic E-state index is 13.9. The number of ketones is 1. The number of nitrogen functional groups attached to an aromatic ring is 1. The molecular formula is C31H40F2N4O2. The number of carbonyl (C=O) groups is 2. The molecule has 1 amide bonds. The van der Waals surface area contributed by atoms with Crippen molar-refractivity contribution in [1.29, 1.82) is 0 Å². The minimum Gasteiger partial charge on any atom is -0.383 e. The highest BCUT2D eigenvalue weighted by atomic mass is 19.2. The summed E-state index contributed by atoms with van der Waals surface area (Å²) < 4.78 is 27.4. The van der Waals surface area contributed by atoms with Crippen LogP contribution in [0.1, 0.15) is 65.0 Å². The highest BCUT2D eigenvalue weighted by Gasteiger charge is 2.34. The molecular weight excluding hydrogens is 498 g/mol. The molecule has 39 heavy (non-hydrogen) atoms. The summed E-state index contributed by atoms with van der Waals surface area (Å²) in [5.41, 5.74) is 7.35. The van der Waals surface area contributed by atoms with E-state index >= 15 is 0 Å². The normalized spacial score (nSPS) is 19.2. The number of anilines is 1. The lowest BCUT2D eigenvalue weighted by molar-refractivity contribution is -0.132. The van der Waals surface area contributed by atoms with E-state index < -0.39 is 23.7 Å². The number of fused-ring (bicyclic) bond motifs is 1. The Balaban J connectivity index is 0.00000420. The molecule has 1 aliphatic heterocycles. The Labute approximate surface area is 230 Å². The lowest BCUT2D eigenvalue weighted by Crippen LogP contribution is -2.56. The van der Waals surface area contributed by atoms with Crippen LogP contribution in [0.2, 0.25) is 0 Å². The predicted octanol–water partition coefficient (Wildman–Crippen LogP) is 5.61. The summed E-state index contributed by atoms with van der Waals surface area (Å²) in [5.74, 6) is -1.88. The predicted molar refractivity (Wildman–Crippen MR) is 152 cm³/mol. The van der Waals surface area contributed by atoms with Gasteiger partial charge in [0.05, 0.1) is 12.1 Å². The summed E-state index contributed by atoms with van der Waals surface area (Å²) in [5, 5.41) is 4.73. The SMILES string of the molecule is C.C[C@@H]1CCC[C@H](C)N1[C@H](C)C(=O)N[C@@H](Cc1ccc(F)c(F)c1)C(=O)CCc1ccc2c(N)nccc2c1. The number of benzene rings is 2. The van der Waals surface area contributed by atoms with E-state index in [4.69, 9.17) is 5.73 Å². The second kappa shape index (κ2) is 13.1. The Morgan fingerprint density at radius 1 is 1.05 bits per heavy atom. The largest absolute Gasteiger partial charge is 0.383 e. The van der Waals surface area contributed by atoms with Crippen LogP contribution >= 0.6 is 0 Å². The van der Waals surface area contributed by atoms with Crippen molar-refractivity contribution in [3.05, 3.63) is 71.4 Å². The summed E-state index contributed by atoms with van der Waals surface area (Å²) in [6.07, 6.45) is 5.55. The number of likely N-dealkylation sites (tertiary alicyclic amines) is 1. The van der Waals surface area contributed by atoms with Crippen molar-refractivity contribution in [3.8, 4) is 0 Å². The number of aromatic nitrogens is 1. The Hall–Kier alpha value is -3.39. The van der Waals surface area contributed by atoms with E-state index in [1.54, 1.807) is 6.20 Å². The van der Waals surface area contributed by atoms with Gasteiger partial charge in [-0.15, -0.1) is 0 Å². The van der Waals surface area contributed by atoms with Gasteiger partial charge in [-0.25, -0.2) is 13.8 Å². The molecule has 0 radical (unpaired) electrons. The van der Waals surface area contributed by atoms with Gasteiger partial charge in [-0.1, -0.05) is 38.1 Å². The second-order valence-corrected chi connectivity index (χ2v) is 10.5. The number of nitrogens with two attached hydrogens (primary N) is 1. The first-order chi connectivity index (χ1) is 18.1. The number of carbonyl (C=O) groups excluding carboxylic acids is 2. The summed E-state index contributed by atoms with van der Waals surface area (Å²) in [6, 6.07) is 10.5. The van der Waals surface area contributed by atoms with E-state index in [9.17, 15) is 18.4 Å². The monoisotopic (exact) mass is 538 g/mol. The molecule has 0 aliphatic carbocycles. The highest BCUT2D eigenvalue weighted by molar-refractivity contribution is 5.92. The van der Waals surface area contributed by atoms with Crippen LogP contribution in [0.25, 0.3) is 10.8 Å². The summed E-state index contributed by atoms with van der Waals surface area (Å²) >= 11 is 0. The molecule has 0 saturated carbocycles. The quantitative estimate of drug-likeness (QED) is 0.370. The molecule has 6 nitrogen and oxygen atoms in total. The average Bonchev–Trinajstić information content (AvgIpc) is 2.88. The summed E-state index contributed by atoms with van der Waals surface area (Å²) in [7, 11) is 0. The third-order valence-electron chi connectivity index (χ3n) is 7.74. The molecule has 0 unspecified atom stereocenters. The van der Waals surface area contributed by atoms with Gasteiger partial charge in [0.25, 0.3) is 0 Å². The number of aryl methyl sites for hydroxylation is 1. The van der Waals surface area contributed by atoms with Crippen molar-refractivity contribution in [2.75, 3.05) is 5.73 Å². The molecule has 4 rings (SSSR count). The van der Waals surface area contributed by atoms with Crippen molar-refractivity contribution in [2.24, 2.45) is 0 Å².